The van der Waals surface area contributed by atoms with Crippen molar-refractivity contribution in [3.05, 3.63) is 36.0 Å². The zero-order valence-electron chi connectivity index (χ0n) is 12.2. The van der Waals surface area contributed by atoms with Crippen LogP contribution in [0.3, 0.4) is 0 Å². The Balaban J connectivity index is 1.54. The third-order valence-electron chi connectivity index (χ3n) is 4.69. The molecule has 4 rings (SSSR count). The number of urea groups is 1. The van der Waals surface area contributed by atoms with Gasteiger partial charge in [0.2, 0.25) is 0 Å². The van der Waals surface area contributed by atoms with Crippen molar-refractivity contribution in [2.45, 2.75) is 12.6 Å². The third-order valence-corrected chi connectivity index (χ3v) is 4.69. The van der Waals surface area contributed by atoms with Gasteiger partial charge in [0.15, 0.2) is 0 Å². The molecule has 2 aromatic rings. The summed E-state index contributed by atoms with van der Waals surface area (Å²) < 4.78 is 2.20. The molecule has 5 nitrogen and oxygen atoms in total. The lowest BCUT2D eigenvalue weighted by atomic mass is 10.1. The second-order valence-electron chi connectivity index (χ2n) is 6.05. The zero-order valence-corrected chi connectivity index (χ0v) is 12.2. The Morgan fingerprint density at radius 1 is 1.29 bits per heavy atom. The molecule has 0 aliphatic carbocycles. The highest BCUT2D eigenvalue weighted by molar-refractivity contribution is 5.83. The van der Waals surface area contributed by atoms with Crippen molar-refractivity contribution < 1.29 is 4.79 Å². The van der Waals surface area contributed by atoms with E-state index in [0.717, 1.165) is 32.7 Å². The monoisotopic (exact) mass is 284 g/mol. The normalized spacial score (nSPS) is 22.6. The number of fused-ring (bicyclic) bond motifs is 2. The van der Waals surface area contributed by atoms with Crippen LogP contribution in [0.1, 0.15) is 5.56 Å². The Bertz CT molecular complexity index is 693. The molecule has 1 N–H and O–H groups in total. The van der Waals surface area contributed by atoms with Gasteiger partial charge in [-0.15, -0.1) is 0 Å². The van der Waals surface area contributed by atoms with Gasteiger partial charge in [-0.3, -0.25) is 4.90 Å². The van der Waals surface area contributed by atoms with Crippen LogP contribution in [0.25, 0.3) is 10.9 Å². The lowest BCUT2D eigenvalue weighted by molar-refractivity contribution is 0.117. The average Bonchev–Trinajstić information content (AvgIpc) is 3.01. The highest BCUT2D eigenvalue weighted by Gasteiger charge is 2.35. The Labute approximate surface area is 124 Å². The molecule has 2 amide bonds. The van der Waals surface area contributed by atoms with Gasteiger partial charge in [-0.1, -0.05) is 18.2 Å². The molecule has 0 radical (unpaired) electrons. The van der Waals surface area contributed by atoms with Crippen LogP contribution < -0.4 is 5.32 Å². The van der Waals surface area contributed by atoms with E-state index in [9.17, 15) is 4.79 Å². The minimum Gasteiger partial charge on any atom is -0.350 e. The molecule has 3 heterocycles. The first-order valence-corrected chi connectivity index (χ1v) is 7.52. The topological polar surface area (TPSA) is 40.5 Å². The molecule has 2 fully saturated rings. The number of carbonyl (C=O) groups is 1. The molecule has 0 unspecified atom stereocenters. The van der Waals surface area contributed by atoms with Crippen molar-refractivity contribution in [1.29, 1.82) is 0 Å². The second-order valence-corrected chi connectivity index (χ2v) is 6.05. The van der Waals surface area contributed by atoms with Crippen LogP contribution in [-0.4, -0.2) is 52.6 Å². The van der Waals surface area contributed by atoms with Crippen LogP contribution in [0.5, 0.6) is 0 Å². The SMILES string of the molecule is Cn1cc(CN2CCN3C(=O)NC[C@H]3C2)c2ccccc21. The summed E-state index contributed by atoms with van der Waals surface area (Å²) in [6, 6.07) is 8.98. The molecule has 5 heteroatoms. The number of rotatable bonds is 2. The molecule has 1 atom stereocenters. The molecule has 1 aromatic carbocycles. The number of aromatic nitrogens is 1. The molecule has 1 aromatic heterocycles. The van der Waals surface area contributed by atoms with E-state index in [1.54, 1.807) is 0 Å². The van der Waals surface area contributed by atoms with Crippen molar-refractivity contribution in [3.63, 3.8) is 0 Å². The summed E-state index contributed by atoms with van der Waals surface area (Å²) in [5.41, 5.74) is 2.66. The number of nitrogens with one attached hydrogen (secondary N) is 1. The minimum atomic E-state index is 0.102. The quantitative estimate of drug-likeness (QED) is 0.905. The number of hydrogen-bond donors (Lipinski definition) is 1. The number of para-hydroxylation sites is 1. The molecule has 2 aliphatic heterocycles. The first-order valence-electron chi connectivity index (χ1n) is 7.52. The summed E-state index contributed by atoms with van der Waals surface area (Å²) in [6.07, 6.45) is 2.23. The molecular weight excluding hydrogens is 264 g/mol. The van der Waals surface area contributed by atoms with Gasteiger partial charge in [0.05, 0.1) is 6.04 Å². The first kappa shape index (κ1) is 12.7. The van der Waals surface area contributed by atoms with E-state index >= 15 is 0 Å². The standard InChI is InChI=1S/C16H20N4O/c1-18-9-12(14-4-2-3-5-15(14)18)10-19-6-7-20-13(11-19)8-17-16(20)21/h2-5,9,13H,6-8,10-11H2,1H3,(H,17,21)/t13-/m0/s1. The molecule has 2 aliphatic rings. The van der Waals surface area contributed by atoms with Crippen molar-refractivity contribution >= 4 is 16.9 Å². The van der Waals surface area contributed by atoms with Crippen LogP contribution in [-0.2, 0) is 13.6 Å². The molecule has 2 saturated heterocycles. The predicted octanol–water partition coefficient (Wildman–Crippen LogP) is 1.39. The van der Waals surface area contributed by atoms with Crippen molar-refractivity contribution in [2.24, 2.45) is 7.05 Å². The summed E-state index contributed by atoms with van der Waals surface area (Å²) in [5.74, 6) is 0. The highest BCUT2D eigenvalue weighted by atomic mass is 16.2. The van der Waals surface area contributed by atoms with Gasteiger partial charge >= 0.3 is 6.03 Å². The highest BCUT2D eigenvalue weighted by Crippen LogP contribution is 2.23. The first-order chi connectivity index (χ1) is 10.2. The summed E-state index contributed by atoms with van der Waals surface area (Å²) in [4.78, 5) is 16.1. The number of amides is 2. The summed E-state index contributed by atoms with van der Waals surface area (Å²) in [7, 11) is 2.10. The summed E-state index contributed by atoms with van der Waals surface area (Å²) in [6.45, 7) is 4.49. The number of benzene rings is 1. The molecular formula is C16H20N4O. The van der Waals surface area contributed by atoms with E-state index < -0.39 is 0 Å². The van der Waals surface area contributed by atoms with E-state index in [1.807, 2.05) is 4.90 Å². The fraction of sp³-hybridized carbons (Fsp3) is 0.438. The van der Waals surface area contributed by atoms with Gasteiger partial charge < -0.3 is 14.8 Å². The predicted molar refractivity (Wildman–Crippen MR) is 82.1 cm³/mol. The van der Waals surface area contributed by atoms with Gasteiger partial charge in [-0.2, -0.15) is 0 Å². The van der Waals surface area contributed by atoms with E-state index in [1.165, 1.54) is 16.5 Å². The maximum atomic E-state index is 11.6. The Kier molecular flexibility index (Phi) is 2.89. The van der Waals surface area contributed by atoms with Crippen LogP contribution in [0, 0.1) is 0 Å². The molecule has 21 heavy (non-hydrogen) atoms. The minimum absolute atomic E-state index is 0.102. The Morgan fingerprint density at radius 3 is 3.05 bits per heavy atom. The molecule has 0 saturated carbocycles. The number of hydrogen-bond acceptors (Lipinski definition) is 2. The zero-order chi connectivity index (χ0) is 14.4. The van der Waals surface area contributed by atoms with Crippen molar-refractivity contribution in [2.75, 3.05) is 26.2 Å². The average molecular weight is 284 g/mol. The fourth-order valence-corrected chi connectivity index (χ4v) is 3.60. The molecule has 0 spiro atoms. The van der Waals surface area contributed by atoms with E-state index in [0.29, 0.717) is 6.04 Å². The van der Waals surface area contributed by atoms with Crippen LogP contribution >= 0.6 is 0 Å². The smallest absolute Gasteiger partial charge is 0.317 e. The lowest BCUT2D eigenvalue weighted by Crippen LogP contribution is -2.51. The third kappa shape index (κ3) is 2.08. The fourth-order valence-electron chi connectivity index (χ4n) is 3.60. The van der Waals surface area contributed by atoms with Crippen LogP contribution in [0.15, 0.2) is 30.5 Å². The maximum absolute atomic E-state index is 11.6. The number of aryl methyl sites for hydroxylation is 1. The Hall–Kier alpha value is -2.01. The second kappa shape index (κ2) is 4.77. The number of piperazine rings is 1. The van der Waals surface area contributed by atoms with E-state index in [2.05, 4.69) is 52.3 Å². The summed E-state index contributed by atoms with van der Waals surface area (Å²) >= 11 is 0. The van der Waals surface area contributed by atoms with Gasteiger partial charge in [0, 0.05) is 56.9 Å². The largest absolute Gasteiger partial charge is 0.350 e. The van der Waals surface area contributed by atoms with Gasteiger partial charge in [0.1, 0.15) is 0 Å². The molecule has 0 bridgehead atoms. The number of carbonyl (C=O) groups excluding carboxylic acids is 1. The van der Waals surface area contributed by atoms with Crippen LogP contribution in [0.4, 0.5) is 4.79 Å². The summed E-state index contributed by atoms with van der Waals surface area (Å²) in [5, 5.41) is 4.27. The van der Waals surface area contributed by atoms with Crippen molar-refractivity contribution in [1.82, 2.24) is 19.7 Å². The van der Waals surface area contributed by atoms with Crippen molar-refractivity contribution in [3.8, 4) is 0 Å². The number of nitrogens with zero attached hydrogens (tertiary/aromatic N) is 3. The van der Waals surface area contributed by atoms with Crippen LogP contribution in [0.2, 0.25) is 0 Å². The maximum Gasteiger partial charge on any atom is 0.317 e. The molecule has 110 valence electrons. The lowest BCUT2D eigenvalue weighted by Gasteiger charge is -2.36. The van der Waals surface area contributed by atoms with E-state index in [-0.39, 0.29) is 6.03 Å². The van der Waals surface area contributed by atoms with Gasteiger partial charge in [-0.25, -0.2) is 4.79 Å². The van der Waals surface area contributed by atoms with Gasteiger partial charge in [-0.05, 0) is 11.6 Å². The van der Waals surface area contributed by atoms with E-state index in [4.69, 9.17) is 0 Å². The van der Waals surface area contributed by atoms with Gasteiger partial charge in [0.25, 0.3) is 0 Å². The Morgan fingerprint density at radius 2 is 2.14 bits per heavy atom.